The zero-order valence-corrected chi connectivity index (χ0v) is 15.7. The maximum absolute atomic E-state index is 12.6. The lowest BCUT2D eigenvalue weighted by Gasteiger charge is -2.13. The summed E-state index contributed by atoms with van der Waals surface area (Å²) in [5.41, 5.74) is 0.746. The number of methoxy groups -OCH3 is 1. The van der Waals surface area contributed by atoms with Crippen LogP contribution in [0.1, 0.15) is 23.0 Å². The fourth-order valence-electron chi connectivity index (χ4n) is 2.79. The maximum atomic E-state index is 12.6. The first-order valence-corrected chi connectivity index (χ1v) is 8.67. The van der Waals surface area contributed by atoms with Gasteiger partial charge in [0.1, 0.15) is 11.3 Å². The van der Waals surface area contributed by atoms with E-state index in [1.165, 1.54) is 32.2 Å². The number of para-hydroxylation sites is 3. The van der Waals surface area contributed by atoms with Crippen molar-refractivity contribution < 1.29 is 28.4 Å². The van der Waals surface area contributed by atoms with Gasteiger partial charge in [0.05, 0.1) is 11.5 Å². The van der Waals surface area contributed by atoms with Crippen molar-refractivity contribution in [2.75, 3.05) is 12.4 Å². The molecule has 9 nitrogen and oxygen atoms in total. The standard InChI is InChI=1S/C20H18N2O7/c1-12(19(23)21-15-8-4-5-9-16(15)22(25)26)28-20(24)18-14(11-27-2)13-7-3-6-10-17(13)29-18/h3-10,12H,11H2,1-2H3,(H,21,23)/t12-/m1/s1. The summed E-state index contributed by atoms with van der Waals surface area (Å²) in [5, 5.41) is 14.2. The van der Waals surface area contributed by atoms with Gasteiger partial charge >= 0.3 is 5.97 Å². The monoisotopic (exact) mass is 398 g/mol. The quantitative estimate of drug-likeness (QED) is 0.366. The van der Waals surface area contributed by atoms with E-state index in [9.17, 15) is 19.7 Å². The average molecular weight is 398 g/mol. The lowest BCUT2D eigenvalue weighted by molar-refractivity contribution is -0.383. The largest absolute Gasteiger partial charge is 0.449 e. The molecule has 0 saturated carbocycles. The van der Waals surface area contributed by atoms with E-state index >= 15 is 0 Å². The summed E-state index contributed by atoms with van der Waals surface area (Å²) in [7, 11) is 1.49. The Morgan fingerprint density at radius 2 is 1.86 bits per heavy atom. The molecule has 0 spiro atoms. The van der Waals surface area contributed by atoms with Crippen LogP contribution >= 0.6 is 0 Å². The van der Waals surface area contributed by atoms with E-state index in [-0.39, 0.29) is 23.7 Å². The van der Waals surface area contributed by atoms with Crippen molar-refractivity contribution in [1.29, 1.82) is 0 Å². The number of nitrogens with one attached hydrogen (secondary N) is 1. The molecule has 2 aromatic carbocycles. The molecule has 0 bridgehead atoms. The van der Waals surface area contributed by atoms with Crippen LogP contribution in [-0.2, 0) is 20.9 Å². The normalized spacial score (nSPS) is 11.8. The molecule has 1 aromatic heterocycles. The average Bonchev–Trinajstić information content (AvgIpc) is 3.07. The highest BCUT2D eigenvalue weighted by molar-refractivity contribution is 6.00. The van der Waals surface area contributed by atoms with Crippen LogP contribution in [0.3, 0.4) is 0 Å². The summed E-state index contributed by atoms with van der Waals surface area (Å²) in [6.07, 6.45) is -1.22. The summed E-state index contributed by atoms with van der Waals surface area (Å²) >= 11 is 0. The predicted octanol–water partition coefficient (Wildman–Crippen LogP) is 3.67. The van der Waals surface area contributed by atoms with Gasteiger partial charge in [0, 0.05) is 24.1 Å². The second-order valence-corrected chi connectivity index (χ2v) is 6.15. The molecule has 3 aromatic rings. The first-order chi connectivity index (χ1) is 13.9. The third kappa shape index (κ3) is 4.25. The molecule has 9 heteroatoms. The van der Waals surface area contributed by atoms with Crippen molar-refractivity contribution in [1.82, 2.24) is 0 Å². The number of nitrogens with zero attached hydrogens (tertiary/aromatic N) is 1. The molecule has 0 radical (unpaired) electrons. The first kappa shape index (κ1) is 20.0. The van der Waals surface area contributed by atoms with Gasteiger partial charge in [0.15, 0.2) is 6.10 Å². The molecule has 0 fully saturated rings. The lowest BCUT2D eigenvalue weighted by atomic mass is 10.1. The first-order valence-electron chi connectivity index (χ1n) is 8.67. The Morgan fingerprint density at radius 3 is 2.59 bits per heavy atom. The van der Waals surface area contributed by atoms with Crippen LogP contribution in [0.5, 0.6) is 0 Å². The number of fused-ring (bicyclic) bond motifs is 1. The third-order valence-corrected chi connectivity index (χ3v) is 4.18. The number of anilines is 1. The number of benzene rings is 2. The number of nitro groups is 1. The Kier molecular flexibility index (Phi) is 5.89. The number of amides is 1. The molecule has 150 valence electrons. The number of ether oxygens (including phenoxy) is 2. The molecule has 1 N–H and O–H groups in total. The molecule has 0 saturated heterocycles. The molecule has 0 aliphatic heterocycles. The second-order valence-electron chi connectivity index (χ2n) is 6.15. The van der Waals surface area contributed by atoms with Crippen LogP contribution in [-0.4, -0.2) is 30.0 Å². The summed E-state index contributed by atoms with van der Waals surface area (Å²) < 4.78 is 15.9. The zero-order valence-electron chi connectivity index (χ0n) is 15.7. The number of esters is 1. The molecule has 0 aliphatic carbocycles. The molecule has 0 aliphatic rings. The molecular formula is C20H18N2O7. The summed E-state index contributed by atoms with van der Waals surface area (Å²) in [6, 6.07) is 12.7. The van der Waals surface area contributed by atoms with Gasteiger partial charge in [-0.2, -0.15) is 0 Å². The van der Waals surface area contributed by atoms with Crippen molar-refractivity contribution in [2.24, 2.45) is 0 Å². The fourth-order valence-corrected chi connectivity index (χ4v) is 2.79. The molecular weight excluding hydrogens is 380 g/mol. The smallest absolute Gasteiger partial charge is 0.375 e. The van der Waals surface area contributed by atoms with Crippen LogP contribution in [0.15, 0.2) is 52.9 Å². The van der Waals surface area contributed by atoms with Crippen molar-refractivity contribution in [3.05, 3.63) is 70.0 Å². The van der Waals surface area contributed by atoms with E-state index < -0.39 is 22.9 Å². The zero-order chi connectivity index (χ0) is 21.0. The second kappa shape index (κ2) is 8.53. The maximum Gasteiger partial charge on any atom is 0.375 e. The van der Waals surface area contributed by atoms with Gasteiger partial charge in [-0.1, -0.05) is 30.3 Å². The summed E-state index contributed by atoms with van der Waals surface area (Å²) in [4.78, 5) is 35.4. The predicted molar refractivity (Wildman–Crippen MR) is 104 cm³/mol. The van der Waals surface area contributed by atoms with E-state index in [0.717, 1.165) is 0 Å². The minimum absolute atomic E-state index is 0.00853. The minimum Gasteiger partial charge on any atom is -0.449 e. The van der Waals surface area contributed by atoms with E-state index in [0.29, 0.717) is 16.5 Å². The Balaban J connectivity index is 1.77. The Labute approximate surface area is 165 Å². The molecule has 1 atom stereocenters. The highest BCUT2D eigenvalue weighted by Gasteiger charge is 2.26. The number of rotatable bonds is 7. The fraction of sp³-hybridized carbons (Fsp3) is 0.200. The summed E-state index contributed by atoms with van der Waals surface area (Å²) in [6.45, 7) is 1.49. The summed E-state index contributed by atoms with van der Waals surface area (Å²) in [5.74, 6) is -1.60. The number of furan rings is 1. The molecule has 29 heavy (non-hydrogen) atoms. The van der Waals surface area contributed by atoms with Crippen LogP contribution in [0, 0.1) is 10.1 Å². The Morgan fingerprint density at radius 1 is 1.17 bits per heavy atom. The Hall–Kier alpha value is -3.72. The van der Waals surface area contributed by atoms with Gasteiger partial charge in [-0.15, -0.1) is 0 Å². The van der Waals surface area contributed by atoms with E-state index in [1.54, 1.807) is 30.3 Å². The van der Waals surface area contributed by atoms with Gasteiger partial charge in [-0.25, -0.2) is 4.79 Å². The van der Waals surface area contributed by atoms with Crippen molar-refractivity contribution >= 4 is 34.2 Å². The Bertz CT molecular complexity index is 1070. The van der Waals surface area contributed by atoms with Gasteiger partial charge in [0.2, 0.25) is 5.76 Å². The minimum atomic E-state index is -1.22. The molecule has 3 rings (SSSR count). The van der Waals surface area contributed by atoms with Crippen LogP contribution in [0.2, 0.25) is 0 Å². The number of nitro benzene ring substituents is 1. The third-order valence-electron chi connectivity index (χ3n) is 4.18. The van der Waals surface area contributed by atoms with Crippen molar-refractivity contribution in [3.63, 3.8) is 0 Å². The number of hydrogen-bond acceptors (Lipinski definition) is 7. The SMILES string of the molecule is COCc1c(C(=O)O[C@H](C)C(=O)Nc2ccccc2[N+](=O)[O-])oc2ccccc12. The van der Waals surface area contributed by atoms with Crippen LogP contribution < -0.4 is 5.32 Å². The number of carbonyl (C=O) groups excluding carboxylic acids is 2. The van der Waals surface area contributed by atoms with E-state index in [4.69, 9.17) is 13.9 Å². The highest BCUT2D eigenvalue weighted by atomic mass is 16.6. The van der Waals surface area contributed by atoms with Gasteiger partial charge in [-0.05, 0) is 19.1 Å². The van der Waals surface area contributed by atoms with Crippen molar-refractivity contribution in [3.8, 4) is 0 Å². The number of hydrogen-bond donors (Lipinski definition) is 1. The topological polar surface area (TPSA) is 121 Å². The van der Waals surface area contributed by atoms with Crippen LogP contribution in [0.4, 0.5) is 11.4 Å². The molecule has 1 amide bonds. The van der Waals surface area contributed by atoms with E-state index in [1.807, 2.05) is 0 Å². The van der Waals surface area contributed by atoms with Crippen LogP contribution in [0.25, 0.3) is 11.0 Å². The molecule has 1 heterocycles. The van der Waals surface area contributed by atoms with E-state index in [2.05, 4.69) is 5.32 Å². The van der Waals surface area contributed by atoms with Gasteiger partial charge in [0.25, 0.3) is 11.6 Å². The van der Waals surface area contributed by atoms with Gasteiger partial charge in [-0.3, -0.25) is 14.9 Å². The molecule has 0 unspecified atom stereocenters. The lowest BCUT2D eigenvalue weighted by Crippen LogP contribution is -2.30. The van der Waals surface area contributed by atoms with Gasteiger partial charge < -0.3 is 19.2 Å². The highest BCUT2D eigenvalue weighted by Crippen LogP contribution is 2.28. The number of carbonyl (C=O) groups is 2. The van der Waals surface area contributed by atoms with Crippen molar-refractivity contribution in [2.45, 2.75) is 19.6 Å².